The third-order valence-electron chi connectivity index (χ3n) is 11.1. The van der Waals surface area contributed by atoms with Gasteiger partial charge in [0.1, 0.15) is 46.2 Å². The van der Waals surface area contributed by atoms with Crippen LogP contribution in [0.4, 0.5) is 9.18 Å². The lowest BCUT2D eigenvalue weighted by molar-refractivity contribution is -0.141. The van der Waals surface area contributed by atoms with Gasteiger partial charge in [-0.3, -0.25) is 19.1 Å². The summed E-state index contributed by atoms with van der Waals surface area (Å²) in [5, 5.41) is 6.25. The van der Waals surface area contributed by atoms with Crippen molar-refractivity contribution in [3.05, 3.63) is 59.4 Å². The highest BCUT2D eigenvalue weighted by atomic mass is 35.5. The fourth-order valence-corrected chi connectivity index (χ4v) is 9.47. The van der Waals surface area contributed by atoms with Gasteiger partial charge in [-0.05, 0) is 95.7 Å². The number of fused-ring (bicyclic) bond motifs is 6. The molecule has 14 nitrogen and oxygen atoms in total. The monoisotopic (exact) mass is 837 g/mol. The van der Waals surface area contributed by atoms with Crippen LogP contribution in [0.3, 0.4) is 0 Å². The molecule has 308 valence electrons. The highest BCUT2D eigenvalue weighted by Gasteiger charge is 2.62. The summed E-state index contributed by atoms with van der Waals surface area (Å²) < 4.78 is 61.2. The maximum Gasteiger partial charge on any atom is 0.408 e. The highest BCUT2D eigenvalue weighted by Crippen LogP contribution is 2.46. The summed E-state index contributed by atoms with van der Waals surface area (Å²) in [5.41, 5.74) is -0.943. The van der Waals surface area contributed by atoms with E-state index in [1.54, 1.807) is 39.0 Å². The Bertz CT molecular complexity index is 2480. The van der Waals surface area contributed by atoms with E-state index < -0.39 is 80.2 Å². The van der Waals surface area contributed by atoms with Crippen molar-refractivity contribution in [3.8, 4) is 5.75 Å². The molecule has 0 unspecified atom stereocenters. The number of pyridine rings is 1. The smallest absolute Gasteiger partial charge is 0.408 e. The number of hydrogen-bond donors (Lipinski definition) is 3. The van der Waals surface area contributed by atoms with Gasteiger partial charge in [0.2, 0.25) is 21.8 Å². The minimum Gasteiger partial charge on any atom is -0.484 e. The predicted octanol–water partition coefficient (Wildman–Crippen LogP) is 6.17. The van der Waals surface area contributed by atoms with Crippen LogP contribution in [0.5, 0.6) is 5.75 Å². The fraction of sp³-hybridized carbons (Fsp3) is 0.488. The number of rotatable bonds is 6. The summed E-state index contributed by atoms with van der Waals surface area (Å²) in [6.07, 6.45) is 5.99. The first-order valence-corrected chi connectivity index (χ1v) is 21.6. The Balaban J connectivity index is 1.16. The van der Waals surface area contributed by atoms with Gasteiger partial charge < -0.3 is 29.4 Å². The van der Waals surface area contributed by atoms with Gasteiger partial charge in [0.15, 0.2) is 11.3 Å². The van der Waals surface area contributed by atoms with Crippen molar-refractivity contribution in [2.75, 3.05) is 6.54 Å². The molecule has 1 saturated heterocycles. The van der Waals surface area contributed by atoms with E-state index in [9.17, 15) is 32.0 Å². The first-order chi connectivity index (χ1) is 27.5. The number of carbonyl (C=O) groups is 4. The Hall–Kier alpha value is -4.96. The number of sulfonamides is 1. The number of amides is 4. The Morgan fingerprint density at radius 1 is 1.07 bits per heavy atom. The second-order valence-electron chi connectivity index (χ2n) is 16.7. The number of carbonyl (C=O) groups excluding carboxylic acids is 4. The van der Waals surface area contributed by atoms with E-state index in [1.807, 2.05) is 12.2 Å². The number of ether oxygens (including phenoxy) is 2. The predicted molar refractivity (Wildman–Crippen MR) is 213 cm³/mol. The normalized spacial score (nSPS) is 25.7. The number of benzene rings is 2. The zero-order valence-electron chi connectivity index (χ0n) is 32.3. The Morgan fingerprint density at radius 2 is 1.86 bits per heavy atom. The fourth-order valence-electron chi connectivity index (χ4n) is 7.93. The van der Waals surface area contributed by atoms with Gasteiger partial charge in [0.05, 0.1) is 17.3 Å². The van der Waals surface area contributed by atoms with Crippen LogP contribution >= 0.6 is 11.6 Å². The molecule has 0 spiro atoms. The Kier molecular flexibility index (Phi) is 10.3. The summed E-state index contributed by atoms with van der Waals surface area (Å²) in [4.78, 5) is 62.2. The molecule has 3 N–H and O–H groups in total. The molecule has 2 saturated carbocycles. The molecule has 2 aromatic carbocycles. The zero-order valence-corrected chi connectivity index (χ0v) is 33.9. The molecule has 58 heavy (non-hydrogen) atoms. The summed E-state index contributed by atoms with van der Waals surface area (Å²) in [5.74, 6) is -3.00. The number of furan rings is 1. The third-order valence-corrected chi connectivity index (χ3v) is 13.1. The zero-order chi connectivity index (χ0) is 41.1. The lowest BCUT2D eigenvalue weighted by atomic mass is 10.0. The maximum atomic E-state index is 14.8. The van der Waals surface area contributed by atoms with Crippen molar-refractivity contribution in [2.45, 2.75) is 113 Å². The van der Waals surface area contributed by atoms with E-state index >= 15 is 0 Å². The van der Waals surface area contributed by atoms with Gasteiger partial charge in [0.25, 0.3) is 5.91 Å². The number of allylic oxidation sites excluding steroid dienone is 1. The molecule has 2 aromatic heterocycles. The van der Waals surface area contributed by atoms with Crippen LogP contribution in [0, 0.1) is 11.7 Å². The molecule has 0 radical (unpaired) electrons. The van der Waals surface area contributed by atoms with Crippen LogP contribution in [-0.4, -0.2) is 83.2 Å². The average Bonchev–Trinajstić information content (AvgIpc) is 4.05. The van der Waals surface area contributed by atoms with E-state index in [2.05, 4.69) is 15.4 Å². The maximum absolute atomic E-state index is 14.8. The lowest BCUT2D eigenvalue weighted by Crippen LogP contribution is -2.58. The minimum atomic E-state index is -3.94. The average molecular weight is 838 g/mol. The van der Waals surface area contributed by atoms with E-state index in [0.717, 1.165) is 12.8 Å². The van der Waals surface area contributed by atoms with Gasteiger partial charge >= 0.3 is 6.09 Å². The number of aromatic nitrogens is 1. The van der Waals surface area contributed by atoms with E-state index in [4.69, 9.17) is 30.5 Å². The number of nitrogens with zero attached hydrogens (tertiary/aromatic N) is 2. The molecule has 2 aliphatic heterocycles. The van der Waals surface area contributed by atoms with Crippen molar-refractivity contribution in [2.24, 2.45) is 5.92 Å². The van der Waals surface area contributed by atoms with Crippen molar-refractivity contribution in [1.82, 2.24) is 25.2 Å². The van der Waals surface area contributed by atoms with Gasteiger partial charge in [-0.15, -0.1) is 0 Å². The summed E-state index contributed by atoms with van der Waals surface area (Å²) in [6.45, 7) is 4.97. The van der Waals surface area contributed by atoms with Crippen molar-refractivity contribution in [3.63, 3.8) is 0 Å². The van der Waals surface area contributed by atoms with Crippen LogP contribution < -0.4 is 20.1 Å². The number of alkyl carbamates (subject to hydrolysis) is 1. The molecule has 5 atom stereocenters. The van der Waals surface area contributed by atoms with Crippen molar-refractivity contribution >= 4 is 78.4 Å². The first-order valence-electron chi connectivity index (χ1n) is 19.6. The topological polar surface area (TPSA) is 186 Å². The van der Waals surface area contributed by atoms with Gasteiger partial charge in [-0.25, -0.2) is 22.6 Å². The second kappa shape index (κ2) is 15.0. The summed E-state index contributed by atoms with van der Waals surface area (Å²) >= 11 is 6.33. The molecule has 2 aliphatic carbocycles. The van der Waals surface area contributed by atoms with Gasteiger partial charge in [0, 0.05) is 28.1 Å². The molecular weight excluding hydrogens is 793 g/mol. The number of nitrogens with one attached hydrogen (secondary N) is 3. The minimum absolute atomic E-state index is 0.0814. The number of hydrogen-bond acceptors (Lipinski definition) is 10. The van der Waals surface area contributed by atoms with Crippen LogP contribution in [0.1, 0.15) is 78.6 Å². The largest absolute Gasteiger partial charge is 0.484 e. The lowest BCUT2D eigenvalue weighted by Gasteiger charge is -2.30. The van der Waals surface area contributed by atoms with E-state index in [0.29, 0.717) is 58.1 Å². The van der Waals surface area contributed by atoms with Crippen molar-refractivity contribution in [1.29, 1.82) is 0 Å². The number of halogens is 2. The quantitative estimate of drug-likeness (QED) is 0.190. The summed E-state index contributed by atoms with van der Waals surface area (Å²) in [6, 6.07) is 6.79. The molecule has 0 bridgehead atoms. The van der Waals surface area contributed by atoms with Crippen LogP contribution in [-0.2, 0) is 29.1 Å². The molecular formula is C41H45ClFN5O9S. The van der Waals surface area contributed by atoms with E-state index in [1.165, 1.54) is 23.1 Å². The van der Waals surface area contributed by atoms with Gasteiger partial charge in [-0.1, -0.05) is 36.6 Å². The van der Waals surface area contributed by atoms with E-state index in [-0.39, 0.29) is 37.1 Å². The van der Waals surface area contributed by atoms with Crippen LogP contribution in [0.25, 0.3) is 33.0 Å². The standard InChI is InChI=1S/C41H45ClFN5O9S/c1-40(2,3)57-39(52)45-30-10-8-6-4-5-7-9-22-20-41(22,38(51)47-58(53,54)26-13-14-26)46-36(49)31-19-25(21-48(31)37(30)50)55-34-27-18-24(43)12-15-29(27)44-33-28-17-23(42)11-16-32(28)56-35(33)34/h7,9,11-12,15-18,22,25-26,30-31H,4-6,8,10,13-14,19-21H2,1-3H3,(H,45,52)(H,46,49)(H,47,51)/t22-,25-,30+,31+,41-/m1/s1. The SMILES string of the molecule is CC(C)(C)OC(=O)N[C@H]1CCCCCC=C[C@@H]2C[C@@]2(C(=O)NS(=O)(=O)C2CC2)NC(=O)[C@@H]2C[C@@H](Oc3c4cc(F)ccc4nc4c3oc3ccc(Cl)cc34)CN2C1=O. The molecule has 17 heteroatoms. The molecule has 3 fully saturated rings. The van der Waals surface area contributed by atoms with Crippen LogP contribution in [0.2, 0.25) is 5.02 Å². The first kappa shape index (κ1) is 39.8. The Morgan fingerprint density at radius 3 is 2.62 bits per heavy atom. The van der Waals surface area contributed by atoms with Crippen LogP contribution in [0.15, 0.2) is 53.0 Å². The molecule has 4 heterocycles. The Labute approximate surface area is 339 Å². The second-order valence-corrected chi connectivity index (χ2v) is 19.1. The van der Waals surface area contributed by atoms with Gasteiger partial charge in [-0.2, -0.15) is 0 Å². The molecule has 4 aliphatic rings. The third kappa shape index (κ3) is 8.05. The molecule has 8 rings (SSSR count). The van der Waals surface area contributed by atoms with Crippen molar-refractivity contribution < 1.29 is 45.9 Å². The summed E-state index contributed by atoms with van der Waals surface area (Å²) in [7, 11) is -3.94. The molecule has 4 aromatic rings. The highest BCUT2D eigenvalue weighted by molar-refractivity contribution is 7.91. The molecule has 4 amide bonds.